The number of carbonyl (C=O) groups is 1. The van der Waals surface area contributed by atoms with Crippen LogP contribution in [0.5, 0.6) is 0 Å². The highest BCUT2D eigenvalue weighted by Gasteiger charge is 2.16. The van der Waals surface area contributed by atoms with Crippen molar-refractivity contribution in [1.29, 1.82) is 0 Å². The summed E-state index contributed by atoms with van der Waals surface area (Å²) in [6.07, 6.45) is 5.53. The molecule has 1 saturated carbocycles. The van der Waals surface area contributed by atoms with E-state index in [1.54, 1.807) is 0 Å². The minimum absolute atomic E-state index is 0.370. The SMILES string of the molecule is CCS/C(=N/C(=O)OCC1CCCCC1)OCCOCC(C)C. The van der Waals surface area contributed by atoms with Crippen LogP contribution in [0, 0.1) is 11.8 Å². The molecule has 1 aliphatic rings. The standard InChI is InChI=1S/C17H31NO4S/c1-4-23-17(21-11-10-20-12-14(2)3)18-16(19)22-13-15-8-6-5-7-9-15/h14-15H,4-13H2,1-3H3/b18-17+. The summed E-state index contributed by atoms with van der Waals surface area (Å²) in [6, 6.07) is 0. The van der Waals surface area contributed by atoms with Crippen LogP contribution in [0.2, 0.25) is 0 Å². The topological polar surface area (TPSA) is 57.1 Å². The molecule has 1 rings (SSSR count). The number of thioether (sulfide) groups is 1. The molecule has 0 bridgehead atoms. The molecule has 6 heteroatoms. The molecule has 5 nitrogen and oxygen atoms in total. The van der Waals surface area contributed by atoms with Crippen LogP contribution in [0.4, 0.5) is 4.79 Å². The van der Waals surface area contributed by atoms with Gasteiger partial charge in [0.2, 0.25) is 0 Å². The number of aliphatic imine (C=N–C) groups is 1. The Labute approximate surface area is 144 Å². The molecule has 0 radical (unpaired) electrons. The lowest BCUT2D eigenvalue weighted by atomic mass is 9.90. The first kappa shape index (κ1) is 20.3. The smallest absolute Gasteiger partial charge is 0.437 e. The van der Waals surface area contributed by atoms with Crippen LogP contribution >= 0.6 is 11.8 Å². The molecule has 1 amide bonds. The largest absolute Gasteiger partial charge is 0.470 e. The van der Waals surface area contributed by atoms with Crippen molar-refractivity contribution in [2.24, 2.45) is 16.8 Å². The Morgan fingerprint density at radius 1 is 1.17 bits per heavy atom. The minimum Gasteiger partial charge on any atom is -0.470 e. The zero-order chi connectivity index (χ0) is 16.9. The fourth-order valence-electron chi connectivity index (χ4n) is 2.39. The number of amides is 1. The third-order valence-corrected chi connectivity index (χ3v) is 4.27. The van der Waals surface area contributed by atoms with Gasteiger partial charge in [-0.2, -0.15) is 0 Å². The molecule has 0 aromatic heterocycles. The molecule has 0 aliphatic heterocycles. The van der Waals surface area contributed by atoms with Gasteiger partial charge in [-0.1, -0.05) is 51.8 Å². The average Bonchev–Trinajstić information content (AvgIpc) is 2.53. The van der Waals surface area contributed by atoms with E-state index in [1.165, 1.54) is 31.0 Å². The van der Waals surface area contributed by atoms with Crippen molar-refractivity contribution in [3.05, 3.63) is 0 Å². The maximum Gasteiger partial charge on any atom is 0.437 e. The highest BCUT2D eigenvalue weighted by atomic mass is 32.2. The average molecular weight is 346 g/mol. The fourth-order valence-corrected chi connectivity index (χ4v) is 2.94. The molecule has 0 aromatic carbocycles. The summed E-state index contributed by atoms with van der Waals surface area (Å²) in [6.45, 7) is 8.27. The Morgan fingerprint density at radius 2 is 1.91 bits per heavy atom. The third kappa shape index (κ3) is 10.6. The second-order valence-corrected chi connectivity index (χ2v) is 7.42. The Balaban J connectivity index is 2.26. The van der Waals surface area contributed by atoms with E-state index in [0.29, 0.717) is 43.5 Å². The van der Waals surface area contributed by atoms with E-state index in [-0.39, 0.29) is 0 Å². The van der Waals surface area contributed by atoms with E-state index in [2.05, 4.69) is 18.8 Å². The molecule has 0 aromatic rings. The van der Waals surface area contributed by atoms with E-state index in [1.807, 2.05) is 6.92 Å². The zero-order valence-electron chi connectivity index (χ0n) is 14.7. The number of rotatable bonds is 8. The van der Waals surface area contributed by atoms with Crippen molar-refractivity contribution >= 4 is 23.1 Å². The van der Waals surface area contributed by atoms with Crippen molar-refractivity contribution in [2.45, 2.75) is 52.9 Å². The van der Waals surface area contributed by atoms with Crippen molar-refractivity contribution in [1.82, 2.24) is 0 Å². The molecule has 0 atom stereocenters. The molecular formula is C17H31NO4S. The summed E-state index contributed by atoms with van der Waals surface area (Å²) in [5, 5.41) is 0.370. The maximum atomic E-state index is 11.8. The quantitative estimate of drug-likeness (QED) is 0.368. The molecule has 1 aliphatic carbocycles. The summed E-state index contributed by atoms with van der Waals surface area (Å²) in [5.74, 6) is 1.79. The number of hydrogen-bond acceptors (Lipinski definition) is 5. The van der Waals surface area contributed by atoms with Gasteiger partial charge in [0.05, 0.1) is 13.2 Å². The first-order chi connectivity index (χ1) is 11.1. The van der Waals surface area contributed by atoms with Crippen LogP contribution in [0.3, 0.4) is 0 Å². The summed E-state index contributed by atoms with van der Waals surface area (Å²) in [4.78, 5) is 15.7. The van der Waals surface area contributed by atoms with Gasteiger partial charge >= 0.3 is 6.09 Å². The van der Waals surface area contributed by atoms with E-state index in [4.69, 9.17) is 14.2 Å². The Morgan fingerprint density at radius 3 is 2.57 bits per heavy atom. The van der Waals surface area contributed by atoms with E-state index in [9.17, 15) is 4.79 Å². The second-order valence-electron chi connectivity index (χ2n) is 6.21. The predicted octanol–water partition coefficient (Wildman–Crippen LogP) is 4.50. The minimum atomic E-state index is -0.547. The molecular weight excluding hydrogens is 314 g/mol. The van der Waals surface area contributed by atoms with Crippen LogP contribution in [0.15, 0.2) is 4.99 Å². The first-order valence-corrected chi connectivity index (χ1v) is 9.69. The highest BCUT2D eigenvalue weighted by molar-refractivity contribution is 8.13. The van der Waals surface area contributed by atoms with Gasteiger partial charge in [0.25, 0.3) is 5.23 Å². The second kappa shape index (κ2) is 12.6. The molecule has 0 saturated heterocycles. The van der Waals surface area contributed by atoms with Gasteiger partial charge in [0, 0.05) is 6.61 Å². The summed E-state index contributed by atoms with van der Waals surface area (Å²) >= 11 is 1.40. The van der Waals surface area contributed by atoms with Gasteiger partial charge in [0.1, 0.15) is 6.61 Å². The lowest BCUT2D eigenvalue weighted by Crippen LogP contribution is -2.16. The lowest BCUT2D eigenvalue weighted by molar-refractivity contribution is 0.0796. The Kier molecular flexibility index (Phi) is 11.2. The van der Waals surface area contributed by atoms with E-state index in [0.717, 1.165) is 18.6 Å². The maximum absolute atomic E-state index is 11.8. The molecule has 0 spiro atoms. The number of carbonyl (C=O) groups excluding carboxylic acids is 1. The van der Waals surface area contributed by atoms with Crippen molar-refractivity contribution in [3.8, 4) is 0 Å². The van der Waals surface area contributed by atoms with Crippen molar-refractivity contribution in [2.75, 3.05) is 32.2 Å². The van der Waals surface area contributed by atoms with E-state index < -0.39 is 6.09 Å². The lowest BCUT2D eigenvalue weighted by Gasteiger charge is -2.20. The molecule has 23 heavy (non-hydrogen) atoms. The summed E-state index contributed by atoms with van der Waals surface area (Å²) in [5.41, 5.74) is 0. The number of ether oxygens (including phenoxy) is 3. The molecule has 1 fully saturated rings. The molecule has 0 N–H and O–H groups in total. The van der Waals surface area contributed by atoms with Crippen molar-refractivity contribution in [3.63, 3.8) is 0 Å². The first-order valence-electron chi connectivity index (χ1n) is 8.70. The van der Waals surface area contributed by atoms with Crippen LogP contribution in [-0.4, -0.2) is 43.5 Å². The van der Waals surface area contributed by atoms with Gasteiger partial charge in [-0.15, -0.1) is 4.99 Å². The van der Waals surface area contributed by atoms with Crippen LogP contribution < -0.4 is 0 Å². The van der Waals surface area contributed by atoms with Crippen molar-refractivity contribution < 1.29 is 19.0 Å². The highest BCUT2D eigenvalue weighted by Crippen LogP contribution is 2.23. The van der Waals surface area contributed by atoms with Gasteiger partial charge in [-0.25, -0.2) is 4.79 Å². The van der Waals surface area contributed by atoms with Gasteiger partial charge < -0.3 is 14.2 Å². The Hall–Kier alpha value is -0.750. The van der Waals surface area contributed by atoms with Crippen LogP contribution in [-0.2, 0) is 14.2 Å². The third-order valence-electron chi connectivity index (χ3n) is 3.52. The molecule has 0 heterocycles. The number of nitrogens with zero attached hydrogens (tertiary/aromatic N) is 1. The molecule has 0 unspecified atom stereocenters. The normalized spacial score (nSPS) is 16.6. The summed E-state index contributed by atoms with van der Waals surface area (Å²) < 4.78 is 16.2. The predicted molar refractivity (Wildman–Crippen MR) is 95.1 cm³/mol. The number of hydrogen-bond donors (Lipinski definition) is 0. The van der Waals surface area contributed by atoms with Gasteiger partial charge in [-0.3, -0.25) is 0 Å². The van der Waals surface area contributed by atoms with Crippen LogP contribution in [0.25, 0.3) is 0 Å². The Bertz CT molecular complexity index is 355. The van der Waals surface area contributed by atoms with Gasteiger partial charge in [-0.05, 0) is 30.4 Å². The van der Waals surface area contributed by atoms with Crippen LogP contribution in [0.1, 0.15) is 52.9 Å². The monoisotopic (exact) mass is 345 g/mol. The van der Waals surface area contributed by atoms with Gasteiger partial charge in [0.15, 0.2) is 0 Å². The fraction of sp³-hybridized carbons (Fsp3) is 0.882. The molecule has 134 valence electrons. The zero-order valence-corrected chi connectivity index (χ0v) is 15.5. The summed E-state index contributed by atoms with van der Waals surface area (Å²) in [7, 11) is 0. The van der Waals surface area contributed by atoms with E-state index >= 15 is 0 Å².